The van der Waals surface area contributed by atoms with Crippen molar-refractivity contribution in [1.82, 2.24) is 9.38 Å². The number of carbonyl (C=O) groups excluding carboxylic acids is 1. The summed E-state index contributed by atoms with van der Waals surface area (Å²) in [4.78, 5) is 19.0. The lowest BCUT2D eigenvalue weighted by molar-refractivity contribution is 0.102. The Morgan fingerprint density at radius 1 is 1.21 bits per heavy atom. The monoisotopic (exact) mass is 393 g/mol. The van der Waals surface area contributed by atoms with E-state index in [2.05, 4.69) is 10.3 Å². The lowest BCUT2D eigenvalue weighted by atomic mass is 10.3. The first-order chi connectivity index (χ1) is 11.6. The van der Waals surface area contributed by atoms with Gasteiger partial charge >= 0.3 is 0 Å². The van der Waals surface area contributed by atoms with Gasteiger partial charge in [0.15, 0.2) is 4.96 Å². The van der Waals surface area contributed by atoms with E-state index in [0.29, 0.717) is 21.4 Å². The van der Waals surface area contributed by atoms with Crippen LogP contribution in [0.4, 0.5) is 5.69 Å². The molecule has 0 fully saturated rings. The van der Waals surface area contributed by atoms with Crippen molar-refractivity contribution in [3.8, 4) is 10.6 Å². The number of amides is 1. The van der Waals surface area contributed by atoms with E-state index in [4.69, 9.17) is 23.2 Å². The fourth-order valence-electron chi connectivity index (χ4n) is 2.27. The second kappa shape index (κ2) is 6.22. The summed E-state index contributed by atoms with van der Waals surface area (Å²) in [5, 5.41) is 7.50. The van der Waals surface area contributed by atoms with Crippen molar-refractivity contribution in [2.24, 2.45) is 0 Å². The Hall–Kier alpha value is -1.86. The van der Waals surface area contributed by atoms with Crippen LogP contribution in [0.3, 0.4) is 0 Å². The van der Waals surface area contributed by atoms with Gasteiger partial charge in [-0.05, 0) is 29.6 Å². The summed E-state index contributed by atoms with van der Waals surface area (Å²) in [6.07, 6.45) is 1.87. The molecule has 0 saturated heterocycles. The first-order valence-corrected chi connectivity index (χ1v) is 9.40. The number of hydrogen-bond acceptors (Lipinski definition) is 4. The van der Waals surface area contributed by atoms with E-state index in [1.807, 2.05) is 23.7 Å². The van der Waals surface area contributed by atoms with Crippen LogP contribution < -0.4 is 5.32 Å². The minimum atomic E-state index is -0.249. The molecule has 3 aromatic heterocycles. The van der Waals surface area contributed by atoms with Crippen molar-refractivity contribution in [3.63, 3.8) is 0 Å². The number of rotatable bonds is 3. The zero-order valence-corrected chi connectivity index (χ0v) is 15.1. The maximum absolute atomic E-state index is 12.6. The Kier molecular flexibility index (Phi) is 4.05. The van der Waals surface area contributed by atoms with Gasteiger partial charge in [0.1, 0.15) is 11.4 Å². The number of nitrogens with zero attached hydrogens (tertiary/aromatic N) is 2. The molecule has 0 aliphatic heterocycles. The maximum atomic E-state index is 12.6. The predicted octanol–water partition coefficient (Wildman–Crippen LogP) is 5.68. The van der Waals surface area contributed by atoms with Gasteiger partial charge < -0.3 is 5.32 Å². The van der Waals surface area contributed by atoms with Gasteiger partial charge in [-0.25, -0.2) is 4.98 Å². The predicted molar refractivity (Wildman–Crippen MR) is 101 cm³/mol. The molecule has 24 heavy (non-hydrogen) atoms. The molecule has 3 heterocycles. The number of fused-ring (bicyclic) bond motifs is 1. The number of carbonyl (C=O) groups is 1. The number of benzene rings is 1. The Labute approximate surface area is 155 Å². The van der Waals surface area contributed by atoms with Crippen LogP contribution in [-0.2, 0) is 0 Å². The number of nitrogens with one attached hydrogen (secondary N) is 1. The van der Waals surface area contributed by atoms with E-state index >= 15 is 0 Å². The molecule has 8 heteroatoms. The van der Waals surface area contributed by atoms with E-state index in [9.17, 15) is 4.79 Å². The van der Waals surface area contributed by atoms with Gasteiger partial charge in [0.05, 0.1) is 15.6 Å². The molecule has 0 unspecified atom stereocenters. The smallest absolute Gasteiger partial charge is 0.273 e. The average Bonchev–Trinajstić information content (AvgIpc) is 3.24. The highest BCUT2D eigenvalue weighted by atomic mass is 35.5. The molecule has 0 saturated carbocycles. The van der Waals surface area contributed by atoms with Crippen LogP contribution in [0.25, 0.3) is 15.5 Å². The Balaban J connectivity index is 1.67. The van der Waals surface area contributed by atoms with Crippen molar-refractivity contribution in [2.45, 2.75) is 0 Å². The molecule has 0 aliphatic carbocycles. The third kappa shape index (κ3) is 2.82. The number of anilines is 1. The SMILES string of the molecule is O=C(Nc1ccc(Cl)cc1Cl)c1csc2nc(-c3cccs3)cn12. The van der Waals surface area contributed by atoms with E-state index in [-0.39, 0.29) is 5.91 Å². The molecule has 0 aliphatic rings. The van der Waals surface area contributed by atoms with Crippen LogP contribution in [0.15, 0.2) is 47.3 Å². The van der Waals surface area contributed by atoms with Gasteiger partial charge in [-0.3, -0.25) is 9.20 Å². The lowest BCUT2D eigenvalue weighted by Gasteiger charge is -2.06. The van der Waals surface area contributed by atoms with E-state index in [0.717, 1.165) is 15.5 Å². The quantitative estimate of drug-likeness (QED) is 0.486. The molecule has 1 N–H and O–H groups in total. The van der Waals surface area contributed by atoms with Gasteiger partial charge in [-0.2, -0.15) is 0 Å². The molecular formula is C16H9Cl2N3OS2. The van der Waals surface area contributed by atoms with Crippen molar-refractivity contribution >= 4 is 62.4 Å². The van der Waals surface area contributed by atoms with E-state index in [1.54, 1.807) is 39.3 Å². The summed E-state index contributed by atoms with van der Waals surface area (Å²) < 4.78 is 1.79. The Bertz CT molecular complexity index is 1040. The number of thiophene rings is 1. The zero-order valence-electron chi connectivity index (χ0n) is 12.0. The molecule has 0 atom stereocenters. The number of hydrogen-bond donors (Lipinski definition) is 1. The Morgan fingerprint density at radius 2 is 2.08 bits per heavy atom. The van der Waals surface area contributed by atoms with Crippen molar-refractivity contribution in [2.75, 3.05) is 5.32 Å². The van der Waals surface area contributed by atoms with E-state index < -0.39 is 0 Å². The summed E-state index contributed by atoms with van der Waals surface area (Å²) in [6.45, 7) is 0. The molecular weight excluding hydrogens is 385 g/mol. The molecule has 4 nitrogen and oxygen atoms in total. The molecule has 0 radical (unpaired) electrons. The molecule has 0 bridgehead atoms. The minimum absolute atomic E-state index is 0.249. The topological polar surface area (TPSA) is 46.4 Å². The van der Waals surface area contributed by atoms with Crippen LogP contribution in [0, 0.1) is 0 Å². The van der Waals surface area contributed by atoms with Gasteiger partial charge in [0.25, 0.3) is 5.91 Å². The third-order valence-corrected chi connectivity index (χ3v) is 5.67. The summed E-state index contributed by atoms with van der Waals surface area (Å²) in [6, 6.07) is 8.93. The maximum Gasteiger partial charge on any atom is 0.273 e. The highest BCUT2D eigenvalue weighted by molar-refractivity contribution is 7.15. The lowest BCUT2D eigenvalue weighted by Crippen LogP contribution is -2.14. The fraction of sp³-hybridized carbons (Fsp3) is 0. The molecule has 0 spiro atoms. The largest absolute Gasteiger partial charge is 0.319 e. The van der Waals surface area contributed by atoms with Gasteiger partial charge in [-0.15, -0.1) is 22.7 Å². The molecule has 4 rings (SSSR count). The first-order valence-electron chi connectivity index (χ1n) is 6.89. The second-order valence-corrected chi connectivity index (χ2v) is 7.58. The number of halogens is 2. The second-order valence-electron chi connectivity index (χ2n) is 4.96. The summed E-state index contributed by atoms with van der Waals surface area (Å²) in [7, 11) is 0. The standard InChI is InChI=1S/C16H9Cl2N3OS2/c17-9-3-4-11(10(18)6-9)19-15(22)13-8-24-16-20-12(7-21(13)16)14-2-1-5-23-14/h1-8H,(H,19,22). The number of aromatic nitrogens is 2. The van der Waals surface area contributed by atoms with Gasteiger partial charge in [0.2, 0.25) is 0 Å². The van der Waals surface area contributed by atoms with Crippen LogP contribution in [0.5, 0.6) is 0 Å². The summed E-state index contributed by atoms with van der Waals surface area (Å²) >= 11 is 15.0. The van der Waals surface area contributed by atoms with Crippen molar-refractivity contribution in [1.29, 1.82) is 0 Å². The van der Waals surface area contributed by atoms with Gasteiger partial charge in [0, 0.05) is 16.6 Å². The molecule has 1 aromatic carbocycles. The number of thiazole rings is 1. The highest BCUT2D eigenvalue weighted by Crippen LogP contribution is 2.29. The van der Waals surface area contributed by atoms with Crippen molar-refractivity contribution < 1.29 is 4.79 Å². The van der Waals surface area contributed by atoms with E-state index in [1.165, 1.54) is 11.3 Å². The van der Waals surface area contributed by atoms with Crippen LogP contribution in [-0.4, -0.2) is 15.3 Å². The average molecular weight is 394 g/mol. The zero-order chi connectivity index (χ0) is 16.7. The van der Waals surface area contributed by atoms with Crippen LogP contribution in [0.2, 0.25) is 10.0 Å². The third-order valence-electron chi connectivity index (χ3n) is 3.39. The van der Waals surface area contributed by atoms with Gasteiger partial charge in [-0.1, -0.05) is 29.3 Å². The first kappa shape index (κ1) is 15.7. The minimum Gasteiger partial charge on any atom is -0.319 e. The summed E-state index contributed by atoms with van der Waals surface area (Å²) in [5.41, 5.74) is 1.88. The highest BCUT2D eigenvalue weighted by Gasteiger charge is 2.16. The van der Waals surface area contributed by atoms with Crippen molar-refractivity contribution in [3.05, 3.63) is 63.0 Å². The fourth-order valence-corrected chi connectivity index (χ4v) is 4.26. The normalized spacial score (nSPS) is 11.1. The molecule has 4 aromatic rings. The van der Waals surface area contributed by atoms with Crippen LogP contribution >= 0.6 is 45.9 Å². The molecule has 1 amide bonds. The molecule has 120 valence electrons. The van der Waals surface area contributed by atoms with Crippen LogP contribution in [0.1, 0.15) is 10.5 Å². The summed E-state index contributed by atoms with van der Waals surface area (Å²) in [5.74, 6) is -0.249. The Morgan fingerprint density at radius 3 is 2.83 bits per heavy atom. The number of imidazole rings is 1.